The van der Waals surface area contributed by atoms with Crippen LogP contribution in [0, 0.1) is 0 Å². The number of methoxy groups -OCH3 is 1. The van der Waals surface area contributed by atoms with E-state index in [0.717, 1.165) is 5.56 Å². The van der Waals surface area contributed by atoms with Gasteiger partial charge in [0.05, 0.1) is 31.5 Å². The van der Waals surface area contributed by atoms with Crippen LogP contribution in [0.2, 0.25) is 0 Å². The van der Waals surface area contributed by atoms with E-state index in [1.54, 1.807) is 12.3 Å². The summed E-state index contributed by atoms with van der Waals surface area (Å²) in [6.07, 6.45) is -5.67. The number of pyridine rings is 1. The fourth-order valence-corrected chi connectivity index (χ4v) is 5.25. The lowest BCUT2D eigenvalue weighted by molar-refractivity contribution is -0.277. The van der Waals surface area contributed by atoms with E-state index < -0.39 is 61.2 Å². The molecule has 2 aromatic carbocycles. The fraction of sp³-hybridized carbons (Fsp3) is 0.345. The van der Waals surface area contributed by atoms with Crippen molar-refractivity contribution in [3.63, 3.8) is 0 Å². The van der Waals surface area contributed by atoms with Crippen LogP contribution >= 0.6 is 0 Å². The minimum Gasteiger partial charge on any atom is -0.507 e. The predicted molar refractivity (Wildman–Crippen MR) is 144 cm³/mol. The Labute approximate surface area is 239 Å². The number of carbonyl (C=O) groups is 2. The molecule has 3 aromatic rings. The number of hydrogen-bond acceptors (Lipinski definition) is 13. The molecule has 2 heterocycles. The van der Waals surface area contributed by atoms with Crippen LogP contribution in [0.1, 0.15) is 48.5 Å². The van der Waals surface area contributed by atoms with Gasteiger partial charge in [0.2, 0.25) is 12.1 Å². The number of anilines is 1. The van der Waals surface area contributed by atoms with Crippen molar-refractivity contribution in [3.05, 3.63) is 75.5 Å². The molecule has 1 fully saturated rings. The maximum atomic E-state index is 13.9. The lowest BCUT2D eigenvalue weighted by atomic mass is 9.79. The van der Waals surface area contributed by atoms with Crippen molar-refractivity contribution >= 4 is 17.4 Å². The van der Waals surface area contributed by atoms with Crippen molar-refractivity contribution in [2.24, 2.45) is 0 Å². The Bertz CT molecular complexity index is 1520. The average Bonchev–Trinajstić information content (AvgIpc) is 2.98. The van der Waals surface area contributed by atoms with E-state index in [4.69, 9.17) is 19.9 Å². The summed E-state index contributed by atoms with van der Waals surface area (Å²) in [5.74, 6) is -1.89. The van der Waals surface area contributed by atoms with Gasteiger partial charge in [-0.1, -0.05) is 6.07 Å². The third kappa shape index (κ3) is 5.06. The normalized spacial score (nSPS) is 23.3. The maximum absolute atomic E-state index is 13.9. The number of hydrogen-bond donors (Lipinski definition) is 7. The number of nitrogen functional groups attached to an aromatic ring is 1. The maximum Gasteiger partial charge on any atom is 0.229 e. The zero-order valence-corrected chi connectivity index (χ0v) is 22.4. The van der Waals surface area contributed by atoms with Crippen LogP contribution in [-0.4, -0.2) is 91.6 Å². The summed E-state index contributed by atoms with van der Waals surface area (Å²) in [6.45, 7) is -1.40. The Hall–Kier alpha value is -4.11. The molecule has 1 saturated heterocycles. The first-order valence-electron chi connectivity index (χ1n) is 13.1. The van der Waals surface area contributed by atoms with Gasteiger partial charge in [0, 0.05) is 29.0 Å². The molecule has 0 radical (unpaired) electrons. The van der Waals surface area contributed by atoms with Gasteiger partial charge in [-0.15, -0.1) is 0 Å². The third-order valence-corrected chi connectivity index (χ3v) is 7.48. The number of nitrogens with zero attached hydrogens (tertiary/aromatic N) is 1. The van der Waals surface area contributed by atoms with Gasteiger partial charge >= 0.3 is 0 Å². The Kier molecular flexibility index (Phi) is 8.14. The first-order valence-corrected chi connectivity index (χ1v) is 13.1. The Morgan fingerprint density at radius 1 is 0.905 bits per heavy atom. The standard InChI is InChI=1S/C29H30N2O11/c1-40-17-8-18(41-29-28(39)27(38)25(36)19(11-33)42-29)23-22(15(17)10-32)24(35)14-6-13(7-16(34)21(14)26(23)37)3-2-12-4-5-20(30)31-9-12/h4-9,19,25,27-29,32-34,36,38-39H,2-3,10-11H2,1H3,(H2,30,31)/t19-,25-,27+,28-,29-/m1/s1. The van der Waals surface area contributed by atoms with Crippen LogP contribution in [0.15, 0.2) is 36.5 Å². The number of carbonyl (C=O) groups excluding carboxylic acids is 2. The van der Waals surface area contributed by atoms with Gasteiger partial charge in [-0.3, -0.25) is 9.59 Å². The topological polar surface area (TPSA) is 222 Å². The van der Waals surface area contributed by atoms with Crippen molar-refractivity contribution in [1.82, 2.24) is 4.98 Å². The van der Waals surface area contributed by atoms with Crippen LogP contribution in [0.4, 0.5) is 5.82 Å². The monoisotopic (exact) mass is 582 g/mol. The molecule has 1 aromatic heterocycles. The highest BCUT2D eigenvalue weighted by molar-refractivity contribution is 6.31. The number of aromatic hydroxyl groups is 1. The van der Waals surface area contributed by atoms with Crippen LogP contribution in [0.25, 0.3) is 0 Å². The molecule has 0 saturated carbocycles. The van der Waals surface area contributed by atoms with Crippen molar-refractivity contribution in [2.45, 2.75) is 50.2 Å². The first kappa shape index (κ1) is 29.4. The summed E-state index contributed by atoms with van der Waals surface area (Å²) in [5.41, 5.74) is 6.15. The number of phenolic OH excluding ortho intramolecular Hbond substituents is 1. The number of aromatic nitrogens is 1. The van der Waals surface area contributed by atoms with Gasteiger partial charge in [0.15, 0.2) is 5.78 Å². The third-order valence-electron chi connectivity index (χ3n) is 7.48. The Morgan fingerprint density at radius 2 is 1.64 bits per heavy atom. The molecule has 0 spiro atoms. The van der Waals surface area contributed by atoms with Crippen LogP contribution in [0.5, 0.6) is 17.2 Å². The summed E-state index contributed by atoms with van der Waals surface area (Å²) in [6, 6.07) is 7.55. The fourth-order valence-electron chi connectivity index (χ4n) is 5.25. The molecule has 222 valence electrons. The first-order chi connectivity index (χ1) is 20.1. The number of ether oxygens (including phenoxy) is 3. The highest BCUT2D eigenvalue weighted by Gasteiger charge is 2.46. The largest absolute Gasteiger partial charge is 0.507 e. The number of benzene rings is 2. The molecular formula is C29H30N2O11. The quantitative estimate of drug-likeness (QED) is 0.141. The average molecular weight is 583 g/mol. The number of rotatable bonds is 8. The molecule has 1 aliphatic heterocycles. The highest BCUT2D eigenvalue weighted by atomic mass is 16.7. The number of aryl methyl sites for hydroxylation is 2. The van der Waals surface area contributed by atoms with Gasteiger partial charge in [-0.25, -0.2) is 4.98 Å². The van der Waals surface area contributed by atoms with E-state index in [9.17, 15) is 40.2 Å². The molecular weight excluding hydrogens is 552 g/mol. The zero-order chi connectivity index (χ0) is 30.3. The van der Waals surface area contributed by atoms with Gasteiger partial charge in [-0.05, 0) is 42.2 Å². The molecule has 0 bridgehead atoms. The van der Waals surface area contributed by atoms with E-state index in [1.165, 1.54) is 25.3 Å². The number of aliphatic hydroxyl groups is 5. The van der Waals surface area contributed by atoms with E-state index in [2.05, 4.69) is 4.98 Å². The van der Waals surface area contributed by atoms with Gasteiger partial charge in [0.25, 0.3) is 0 Å². The van der Waals surface area contributed by atoms with Gasteiger partial charge in [0.1, 0.15) is 47.5 Å². The summed E-state index contributed by atoms with van der Waals surface area (Å²) >= 11 is 0. The number of aliphatic hydroxyl groups excluding tert-OH is 5. The number of phenols is 1. The van der Waals surface area contributed by atoms with Gasteiger partial charge in [-0.2, -0.15) is 0 Å². The molecule has 13 heteroatoms. The Balaban J connectivity index is 1.56. The molecule has 5 rings (SSSR count). The lowest BCUT2D eigenvalue weighted by Gasteiger charge is -2.40. The Morgan fingerprint density at radius 3 is 2.29 bits per heavy atom. The van der Waals surface area contributed by atoms with Crippen LogP contribution in [0.3, 0.4) is 0 Å². The number of nitrogens with two attached hydrogens (primary N) is 1. The van der Waals surface area contributed by atoms with Crippen LogP contribution in [-0.2, 0) is 24.2 Å². The number of ketones is 2. The molecule has 5 atom stereocenters. The lowest BCUT2D eigenvalue weighted by Crippen LogP contribution is -2.60. The molecule has 42 heavy (non-hydrogen) atoms. The van der Waals surface area contributed by atoms with E-state index in [-0.39, 0.29) is 39.3 Å². The molecule has 13 nitrogen and oxygen atoms in total. The summed E-state index contributed by atoms with van der Waals surface area (Å²) < 4.78 is 16.5. The summed E-state index contributed by atoms with van der Waals surface area (Å²) in [7, 11) is 1.28. The molecule has 2 aliphatic rings. The number of fused-ring (bicyclic) bond motifs is 2. The van der Waals surface area contributed by atoms with Crippen molar-refractivity contribution in [2.75, 3.05) is 19.5 Å². The second kappa shape index (κ2) is 11.6. The zero-order valence-electron chi connectivity index (χ0n) is 22.4. The molecule has 8 N–H and O–H groups in total. The molecule has 1 aliphatic carbocycles. The highest BCUT2D eigenvalue weighted by Crippen LogP contribution is 2.43. The van der Waals surface area contributed by atoms with Gasteiger partial charge < -0.3 is 50.6 Å². The van der Waals surface area contributed by atoms with E-state index in [1.807, 2.05) is 6.07 Å². The van der Waals surface area contributed by atoms with E-state index >= 15 is 0 Å². The summed E-state index contributed by atoms with van der Waals surface area (Å²) in [5, 5.41) is 61.4. The molecule has 0 unspecified atom stereocenters. The van der Waals surface area contributed by atoms with Crippen LogP contribution < -0.4 is 15.2 Å². The SMILES string of the molecule is COc1cc(O[C@@H]2O[C@H](CO)[C@@H](O)[C@H](O)[C@H]2O)c2c(c1CO)C(=O)c1cc(CCc3ccc(N)nc3)cc(O)c1C2=O. The predicted octanol–water partition coefficient (Wildman–Crippen LogP) is -0.390. The van der Waals surface area contributed by atoms with Crippen molar-refractivity contribution in [1.29, 1.82) is 0 Å². The minimum atomic E-state index is -1.81. The summed E-state index contributed by atoms with van der Waals surface area (Å²) in [4.78, 5) is 31.9. The van der Waals surface area contributed by atoms with E-state index in [0.29, 0.717) is 24.2 Å². The second-order valence-electron chi connectivity index (χ2n) is 10.1. The molecule has 0 amide bonds. The minimum absolute atomic E-state index is 0.00417. The smallest absolute Gasteiger partial charge is 0.229 e. The van der Waals surface area contributed by atoms with Crippen molar-refractivity contribution in [3.8, 4) is 17.2 Å². The van der Waals surface area contributed by atoms with Crippen molar-refractivity contribution < 1.29 is 54.4 Å². The second-order valence-corrected chi connectivity index (χ2v) is 10.1.